The first-order chi connectivity index (χ1) is 10.4. The van der Waals surface area contributed by atoms with E-state index in [9.17, 15) is 14.7 Å². The van der Waals surface area contributed by atoms with Gasteiger partial charge in [0.25, 0.3) is 0 Å². The Morgan fingerprint density at radius 2 is 1.74 bits per heavy atom. The molecule has 2 amide bonds. The molecular weight excluding hydrogens is 316 g/mol. The summed E-state index contributed by atoms with van der Waals surface area (Å²) >= 11 is 0. The number of carboxylic acids is 1. The number of aliphatic carboxylic acids is 1. The number of carboxylic acid groups (broad SMARTS) is 1. The van der Waals surface area contributed by atoms with Crippen LogP contribution in [0.25, 0.3) is 0 Å². The van der Waals surface area contributed by atoms with E-state index < -0.39 is 26.4 Å². The number of amides is 2. The van der Waals surface area contributed by atoms with E-state index in [-0.39, 0.29) is 5.04 Å². The number of methoxy groups -OCH3 is 1. The van der Waals surface area contributed by atoms with E-state index >= 15 is 0 Å². The molecule has 0 saturated carbocycles. The van der Waals surface area contributed by atoms with Crippen molar-refractivity contribution in [1.82, 2.24) is 10.2 Å². The van der Waals surface area contributed by atoms with Gasteiger partial charge >= 0.3 is 6.03 Å². The van der Waals surface area contributed by atoms with E-state index in [1.165, 1.54) is 11.8 Å². The Hall–Kier alpha value is -1.12. The topological polar surface area (TPSA) is 90.9 Å². The van der Waals surface area contributed by atoms with Crippen LogP contribution in [0.4, 0.5) is 4.79 Å². The summed E-state index contributed by atoms with van der Waals surface area (Å²) in [4.78, 5) is 24.4. The van der Waals surface area contributed by atoms with E-state index in [1.54, 1.807) is 7.11 Å². The fourth-order valence-corrected chi connectivity index (χ4v) is 2.51. The molecule has 0 spiro atoms. The first-order valence-corrected chi connectivity index (χ1v) is 10.7. The van der Waals surface area contributed by atoms with Gasteiger partial charge in [-0.2, -0.15) is 0 Å². The lowest BCUT2D eigenvalue weighted by molar-refractivity contribution is -0.307. The van der Waals surface area contributed by atoms with E-state index in [4.69, 9.17) is 9.16 Å². The van der Waals surface area contributed by atoms with Crippen LogP contribution >= 0.6 is 0 Å². The van der Waals surface area contributed by atoms with Crippen LogP contribution in [-0.4, -0.2) is 64.7 Å². The molecule has 1 atom stereocenters. The summed E-state index contributed by atoms with van der Waals surface area (Å²) < 4.78 is 11.0. The largest absolute Gasteiger partial charge is 0.548 e. The van der Waals surface area contributed by atoms with Gasteiger partial charge in [0.1, 0.15) is 0 Å². The summed E-state index contributed by atoms with van der Waals surface area (Å²) in [5.41, 5.74) is 0. The fraction of sp³-hybridized carbons (Fsp3) is 0.867. The van der Waals surface area contributed by atoms with Gasteiger partial charge in [-0.05, 0) is 25.1 Å². The summed E-state index contributed by atoms with van der Waals surface area (Å²) in [7, 11) is -0.334. The molecule has 0 fully saturated rings. The van der Waals surface area contributed by atoms with Crippen molar-refractivity contribution in [2.24, 2.45) is 0 Å². The summed E-state index contributed by atoms with van der Waals surface area (Å²) in [5.74, 6) is -1.32. The number of carbonyl (C=O) groups excluding carboxylic acids is 2. The Bertz CT molecular complexity index is 396. The van der Waals surface area contributed by atoms with Gasteiger partial charge in [0, 0.05) is 20.2 Å². The molecule has 0 heterocycles. The molecule has 136 valence electrons. The van der Waals surface area contributed by atoms with Crippen LogP contribution < -0.4 is 10.4 Å². The SMILES string of the molecule is COCCN(CCO[Si](C)(C)C(C)(C)C)C(=O)N[C@@H](C)C(=O)[O-]. The summed E-state index contributed by atoms with van der Waals surface area (Å²) in [5, 5.41) is 13.2. The van der Waals surface area contributed by atoms with Gasteiger partial charge in [-0.25, -0.2) is 4.79 Å². The van der Waals surface area contributed by atoms with Crippen LogP contribution in [0.1, 0.15) is 27.7 Å². The predicted octanol–water partition coefficient (Wildman–Crippen LogP) is 0.805. The monoisotopic (exact) mass is 347 g/mol. The highest BCUT2D eigenvalue weighted by Crippen LogP contribution is 2.36. The van der Waals surface area contributed by atoms with Crippen molar-refractivity contribution in [3.63, 3.8) is 0 Å². The molecule has 1 N–H and O–H groups in total. The van der Waals surface area contributed by atoms with Crippen LogP contribution in [0.15, 0.2) is 0 Å². The van der Waals surface area contributed by atoms with E-state index in [1.807, 2.05) is 0 Å². The summed E-state index contributed by atoms with van der Waals surface area (Å²) in [6, 6.07) is -1.51. The Balaban J connectivity index is 4.62. The minimum atomic E-state index is -1.88. The zero-order valence-corrected chi connectivity index (χ0v) is 16.4. The lowest BCUT2D eigenvalue weighted by atomic mass is 10.2. The maximum absolute atomic E-state index is 12.1. The standard InChI is InChI=1S/C15H32N2O5Si/c1-12(13(18)19)16-14(20)17(8-10-21-5)9-11-22-23(6,7)15(2,3)4/h12H,8-11H2,1-7H3,(H,16,20)(H,18,19)/p-1/t12-/m0/s1. The molecule has 0 unspecified atom stereocenters. The van der Waals surface area contributed by atoms with Crippen molar-refractivity contribution in [3.8, 4) is 0 Å². The normalized spacial score (nSPS) is 13.5. The van der Waals surface area contributed by atoms with Crippen LogP contribution in [0.3, 0.4) is 0 Å². The zero-order valence-electron chi connectivity index (χ0n) is 15.4. The highest BCUT2D eigenvalue weighted by molar-refractivity contribution is 6.74. The molecule has 0 aliphatic rings. The average molecular weight is 348 g/mol. The van der Waals surface area contributed by atoms with E-state index in [0.717, 1.165) is 0 Å². The zero-order chi connectivity index (χ0) is 18.3. The molecule has 0 aromatic heterocycles. The molecule has 0 aromatic carbocycles. The van der Waals surface area contributed by atoms with Crippen molar-refractivity contribution in [2.75, 3.05) is 33.4 Å². The maximum atomic E-state index is 12.1. The number of nitrogens with zero attached hydrogens (tertiary/aromatic N) is 1. The number of rotatable bonds is 9. The maximum Gasteiger partial charge on any atom is 0.318 e. The number of hydrogen-bond donors (Lipinski definition) is 1. The third-order valence-electron chi connectivity index (χ3n) is 4.18. The van der Waals surface area contributed by atoms with Crippen LogP contribution in [0.5, 0.6) is 0 Å². The van der Waals surface area contributed by atoms with Gasteiger partial charge < -0.3 is 29.3 Å². The first kappa shape index (κ1) is 21.9. The quantitative estimate of drug-likeness (QED) is 0.623. The first-order valence-electron chi connectivity index (χ1n) is 7.81. The van der Waals surface area contributed by atoms with Crippen molar-refractivity contribution in [2.45, 2.75) is 51.9 Å². The number of nitrogens with one attached hydrogen (secondary N) is 1. The molecule has 0 aliphatic carbocycles. The molecular formula is C15H31N2O5Si-. The second-order valence-corrected chi connectivity index (χ2v) is 11.9. The fourth-order valence-electron chi connectivity index (χ4n) is 1.48. The Morgan fingerprint density at radius 1 is 1.22 bits per heavy atom. The van der Waals surface area contributed by atoms with Gasteiger partial charge in [-0.15, -0.1) is 0 Å². The minimum absolute atomic E-state index is 0.0934. The van der Waals surface area contributed by atoms with Crippen molar-refractivity contribution >= 4 is 20.3 Å². The number of ether oxygens (including phenoxy) is 1. The van der Waals surface area contributed by atoms with Gasteiger partial charge in [-0.1, -0.05) is 20.8 Å². The minimum Gasteiger partial charge on any atom is -0.548 e. The summed E-state index contributed by atoms with van der Waals surface area (Å²) in [6.07, 6.45) is 0. The van der Waals surface area contributed by atoms with Crippen molar-refractivity contribution < 1.29 is 23.9 Å². The molecule has 0 aromatic rings. The van der Waals surface area contributed by atoms with Gasteiger partial charge in [0.2, 0.25) is 0 Å². The lowest BCUT2D eigenvalue weighted by Crippen LogP contribution is -2.52. The van der Waals surface area contributed by atoms with Crippen molar-refractivity contribution in [1.29, 1.82) is 0 Å². The average Bonchev–Trinajstić information content (AvgIpc) is 2.40. The third kappa shape index (κ3) is 7.80. The molecule has 0 saturated heterocycles. The molecule has 0 aliphatic heterocycles. The van der Waals surface area contributed by atoms with E-state index in [2.05, 4.69) is 39.2 Å². The van der Waals surface area contributed by atoms with Crippen LogP contribution in [-0.2, 0) is 14.0 Å². The molecule has 0 rings (SSSR count). The molecule has 23 heavy (non-hydrogen) atoms. The van der Waals surface area contributed by atoms with Crippen molar-refractivity contribution in [3.05, 3.63) is 0 Å². The smallest absolute Gasteiger partial charge is 0.318 e. The Labute approximate surface area is 140 Å². The lowest BCUT2D eigenvalue weighted by Gasteiger charge is -2.37. The van der Waals surface area contributed by atoms with Crippen LogP contribution in [0, 0.1) is 0 Å². The van der Waals surface area contributed by atoms with Gasteiger partial charge in [0.05, 0.1) is 25.2 Å². The predicted molar refractivity (Wildman–Crippen MR) is 89.6 cm³/mol. The number of hydrogen-bond acceptors (Lipinski definition) is 5. The highest BCUT2D eigenvalue weighted by atomic mass is 28.4. The Kier molecular flexibility index (Phi) is 8.79. The third-order valence-corrected chi connectivity index (χ3v) is 8.71. The molecule has 0 radical (unpaired) electrons. The molecule has 8 heteroatoms. The highest BCUT2D eigenvalue weighted by Gasteiger charge is 2.37. The van der Waals surface area contributed by atoms with Gasteiger partial charge in [0.15, 0.2) is 8.32 Å². The number of carbonyl (C=O) groups is 2. The second kappa shape index (κ2) is 9.24. The molecule has 0 bridgehead atoms. The number of urea groups is 1. The van der Waals surface area contributed by atoms with Crippen LogP contribution in [0.2, 0.25) is 18.1 Å². The Morgan fingerprint density at radius 3 is 2.17 bits per heavy atom. The second-order valence-electron chi connectivity index (χ2n) is 7.08. The van der Waals surface area contributed by atoms with Gasteiger partial charge in [-0.3, -0.25) is 0 Å². The summed E-state index contributed by atoms with van der Waals surface area (Å²) in [6.45, 7) is 13.6. The molecule has 7 nitrogen and oxygen atoms in total. The van der Waals surface area contributed by atoms with E-state index in [0.29, 0.717) is 26.3 Å².